The van der Waals surface area contributed by atoms with Crippen LogP contribution in [0.2, 0.25) is 0 Å². The number of nitrogens with zero attached hydrogens (tertiary/aromatic N) is 2. The zero-order valence-corrected chi connectivity index (χ0v) is 9.55. The lowest BCUT2D eigenvalue weighted by atomic mass is 10.0. The van der Waals surface area contributed by atoms with Crippen LogP contribution in [0.15, 0.2) is 30.3 Å². The molecule has 1 aromatic heterocycles. The fraction of sp³-hybridized carbons (Fsp3) is 0.231. The Kier molecular flexibility index (Phi) is 3.23. The minimum absolute atomic E-state index is 0.625. The molecule has 4 nitrogen and oxygen atoms in total. The van der Waals surface area contributed by atoms with Gasteiger partial charge < -0.3 is 5.11 Å². The molecule has 0 saturated carbocycles. The van der Waals surface area contributed by atoms with Gasteiger partial charge in [0.25, 0.3) is 0 Å². The van der Waals surface area contributed by atoms with E-state index in [1.165, 1.54) is 0 Å². The third-order valence-corrected chi connectivity index (χ3v) is 2.51. The molecule has 0 amide bonds. The molecule has 0 aliphatic heterocycles. The smallest absolute Gasteiger partial charge is 0.432 e. The zero-order chi connectivity index (χ0) is 12.3. The minimum Gasteiger partial charge on any atom is -0.463 e. The second-order valence-corrected chi connectivity index (χ2v) is 3.75. The Hall–Kier alpha value is -2.10. The van der Waals surface area contributed by atoms with Gasteiger partial charge in [0.2, 0.25) is 0 Å². The van der Waals surface area contributed by atoms with E-state index in [1.807, 2.05) is 37.3 Å². The van der Waals surface area contributed by atoms with Crippen molar-refractivity contribution in [3.8, 4) is 11.3 Å². The fourth-order valence-corrected chi connectivity index (χ4v) is 1.80. The molecular weight excluding hydrogens is 216 g/mol. The highest BCUT2D eigenvalue weighted by atomic mass is 16.4. The molecule has 0 spiro atoms. The number of hydrogen-bond donors (Lipinski definition) is 1. The number of hydrogen-bond acceptors (Lipinski definition) is 2. The lowest BCUT2D eigenvalue weighted by molar-refractivity contribution is 0.193. The van der Waals surface area contributed by atoms with E-state index in [0.717, 1.165) is 28.7 Å². The second kappa shape index (κ2) is 4.82. The number of aromatic nitrogens is 2. The number of carbonyl (C=O) groups is 1. The normalized spacial score (nSPS) is 10.4. The molecule has 17 heavy (non-hydrogen) atoms. The van der Waals surface area contributed by atoms with Crippen molar-refractivity contribution < 1.29 is 9.90 Å². The molecule has 1 heterocycles. The summed E-state index contributed by atoms with van der Waals surface area (Å²) in [6, 6.07) is 9.41. The van der Waals surface area contributed by atoms with E-state index in [0.29, 0.717) is 5.69 Å². The van der Waals surface area contributed by atoms with E-state index in [1.54, 1.807) is 0 Å². The van der Waals surface area contributed by atoms with Gasteiger partial charge in [-0.3, -0.25) is 0 Å². The number of rotatable bonds is 3. The second-order valence-electron chi connectivity index (χ2n) is 3.75. The first-order valence-electron chi connectivity index (χ1n) is 5.52. The SMILES string of the molecule is CCCc1[c]nn(C(=O)O)c1-c1ccccc1. The van der Waals surface area contributed by atoms with E-state index < -0.39 is 6.09 Å². The van der Waals surface area contributed by atoms with Crippen LogP contribution in [0, 0.1) is 6.20 Å². The third-order valence-electron chi connectivity index (χ3n) is 2.51. The molecule has 2 rings (SSSR count). The summed E-state index contributed by atoms with van der Waals surface area (Å²) in [5.41, 5.74) is 2.33. The number of carboxylic acid groups (broad SMARTS) is 1. The van der Waals surface area contributed by atoms with Crippen LogP contribution in [0.5, 0.6) is 0 Å². The summed E-state index contributed by atoms with van der Waals surface area (Å²) >= 11 is 0. The van der Waals surface area contributed by atoms with Gasteiger partial charge in [-0.1, -0.05) is 43.7 Å². The molecule has 0 saturated heterocycles. The highest BCUT2D eigenvalue weighted by Gasteiger charge is 2.16. The fourth-order valence-electron chi connectivity index (χ4n) is 1.80. The molecule has 0 unspecified atom stereocenters. The Morgan fingerprint density at radius 3 is 2.71 bits per heavy atom. The molecule has 0 aliphatic carbocycles. The largest absolute Gasteiger partial charge is 0.463 e. The van der Waals surface area contributed by atoms with Crippen molar-refractivity contribution in [1.29, 1.82) is 0 Å². The highest BCUT2D eigenvalue weighted by molar-refractivity contribution is 5.77. The van der Waals surface area contributed by atoms with Gasteiger partial charge in [-0.05, 0) is 6.42 Å². The Bertz CT molecular complexity index is 517. The predicted molar refractivity (Wildman–Crippen MR) is 63.9 cm³/mol. The maximum absolute atomic E-state index is 11.1. The van der Waals surface area contributed by atoms with Crippen LogP contribution in [0.3, 0.4) is 0 Å². The maximum atomic E-state index is 11.1. The number of benzene rings is 1. The van der Waals surface area contributed by atoms with Gasteiger partial charge >= 0.3 is 6.09 Å². The Morgan fingerprint density at radius 2 is 2.12 bits per heavy atom. The van der Waals surface area contributed by atoms with Crippen LogP contribution in [0.4, 0.5) is 4.79 Å². The minimum atomic E-state index is -1.08. The molecule has 1 N–H and O–H groups in total. The standard InChI is InChI=1S/C13H13N2O2/c1-2-6-11-9-14-15(13(16)17)12(11)10-7-4-3-5-8-10/h3-5,7-8H,2,6H2,1H3,(H,16,17). The van der Waals surface area contributed by atoms with Crippen LogP contribution >= 0.6 is 0 Å². The van der Waals surface area contributed by atoms with Crippen LogP contribution in [-0.2, 0) is 6.42 Å². The van der Waals surface area contributed by atoms with Crippen LogP contribution in [0.1, 0.15) is 18.9 Å². The molecule has 0 aliphatic rings. The summed E-state index contributed by atoms with van der Waals surface area (Å²) in [5, 5.41) is 12.9. The first kappa shape index (κ1) is 11.4. The molecule has 87 valence electrons. The average Bonchev–Trinajstić information content (AvgIpc) is 2.74. The van der Waals surface area contributed by atoms with Crippen LogP contribution in [0.25, 0.3) is 11.3 Å². The van der Waals surface area contributed by atoms with Gasteiger partial charge in [0, 0.05) is 11.1 Å². The summed E-state index contributed by atoms with van der Waals surface area (Å²) < 4.78 is 0.986. The highest BCUT2D eigenvalue weighted by Crippen LogP contribution is 2.24. The van der Waals surface area contributed by atoms with Gasteiger partial charge in [-0.2, -0.15) is 9.78 Å². The van der Waals surface area contributed by atoms with Gasteiger partial charge in [-0.25, -0.2) is 4.79 Å². The zero-order valence-electron chi connectivity index (χ0n) is 9.55. The summed E-state index contributed by atoms with van der Waals surface area (Å²) in [5.74, 6) is 0. The molecule has 0 atom stereocenters. The maximum Gasteiger partial charge on any atom is 0.432 e. The average molecular weight is 229 g/mol. The van der Waals surface area contributed by atoms with E-state index in [2.05, 4.69) is 11.3 Å². The molecular formula is C13H13N2O2. The monoisotopic (exact) mass is 229 g/mol. The van der Waals surface area contributed by atoms with Crippen molar-refractivity contribution in [3.63, 3.8) is 0 Å². The lowest BCUT2D eigenvalue weighted by Crippen LogP contribution is -2.11. The summed E-state index contributed by atoms with van der Waals surface area (Å²) in [6.07, 6.45) is 3.41. The van der Waals surface area contributed by atoms with Crippen LogP contribution in [-0.4, -0.2) is 21.0 Å². The van der Waals surface area contributed by atoms with E-state index in [9.17, 15) is 4.79 Å². The van der Waals surface area contributed by atoms with Gasteiger partial charge in [0.1, 0.15) is 6.20 Å². The first-order chi connectivity index (χ1) is 8.24. The van der Waals surface area contributed by atoms with Gasteiger partial charge in [-0.15, -0.1) is 0 Å². The van der Waals surface area contributed by atoms with Crippen molar-refractivity contribution in [2.24, 2.45) is 0 Å². The quantitative estimate of drug-likeness (QED) is 0.880. The van der Waals surface area contributed by atoms with E-state index >= 15 is 0 Å². The van der Waals surface area contributed by atoms with Gasteiger partial charge in [0.05, 0.1) is 5.69 Å². The van der Waals surface area contributed by atoms with Crippen molar-refractivity contribution in [1.82, 2.24) is 9.78 Å². The molecule has 0 bridgehead atoms. The van der Waals surface area contributed by atoms with E-state index in [4.69, 9.17) is 5.11 Å². The first-order valence-corrected chi connectivity index (χ1v) is 5.52. The van der Waals surface area contributed by atoms with Crippen molar-refractivity contribution in [3.05, 3.63) is 42.1 Å². The topological polar surface area (TPSA) is 55.1 Å². The summed E-state index contributed by atoms with van der Waals surface area (Å²) in [6.45, 7) is 2.04. The molecule has 1 aromatic carbocycles. The van der Waals surface area contributed by atoms with Crippen molar-refractivity contribution in [2.45, 2.75) is 19.8 Å². The van der Waals surface area contributed by atoms with Crippen molar-refractivity contribution in [2.75, 3.05) is 0 Å². The predicted octanol–water partition coefficient (Wildman–Crippen LogP) is 2.83. The Morgan fingerprint density at radius 1 is 1.41 bits per heavy atom. The molecule has 2 aromatic rings. The lowest BCUT2D eigenvalue weighted by Gasteiger charge is -2.05. The third kappa shape index (κ3) is 2.20. The molecule has 0 fully saturated rings. The van der Waals surface area contributed by atoms with Crippen molar-refractivity contribution >= 4 is 6.09 Å². The Labute approximate surface area is 99.5 Å². The van der Waals surface area contributed by atoms with E-state index in [-0.39, 0.29) is 0 Å². The molecule has 1 radical (unpaired) electrons. The van der Waals surface area contributed by atoms with Crippen LogP contribution < -0.4 is 0 Å². The molecule has 4 heteroatoms. The Balaban J connectivity index is 2.56. The van der Waals surface area contributed by atoms with Gasteiger partial charge in [0.15, 0.2) is 0 Å². The number of aryl methyl sites for hydroxylation is 1. The summed E-state index contributed by atoms with van der Waals surface area (Å²) in [4.78, 5) is 11.1. The summed E-state index contributed by atoms with van der Waals surface area (Å²) in [7, 11) is 0.